The van der Waals surface area contributed by atoms with Crippen LogP contribution in [0, 0.1) is 5.82 Å². The molecule has 1 aromatic carbocycles. The lowest BCUT2D eigenvalue weighted by Gasteiger charge is -2.35. The van der Waals surface area contributed by atoms with Crippen LogP contribution in [0.2, 0.25) is 0 Å². The molecule has 0 radical (unpaired) electrons. The molecule has 1 saturated heterocycles. The Balaban J connectivity index is 1.52. The molecule has 4 heterocycles. The van der Waals surface area contributed by atoms with Gasteiger partial charge < -0.3 is 20.1 Å². The Labute approximate surface area is 185 Å². The summed E-state index contributed by atoms with van der Waals surface area (Å²) in [5, 5.41) is 0.568. The van der Waals surface area contributed by atoms with Gasteiger partial charge in [0, 0.05) is 29.8 Å². The van der Waals surface area contributed by atoms with Gasteiger partial charge in [-0.25, -0.2) is 9.37 Å². The molecule has 0 bridgehead atoms. The number of anilines is 1. The zero-order valence-electron chi connectivity index (χ0n) is 17.2. The Hall–Kier alpha value is -3.31. The fraction of sp³-hybridized carbons (Fsp3) is 0.318. The average Bonchev–Trinajstić information content (AvgIpc) is 3.29. The molecule has 1 fully saturated rings. The Bertz CT molecular complexity index is 1250. The molecule has 7 nitrogen and oxygen atoms in total. The van der Waals surface area contributed by atoms with E-state index in [9.17, 15) is 22.4 Å². The summed E-state index contributed by atoms with van der Waals surface area (Å²) in [6, 6.07) is 3.93. The number of carbonyl (C=O) groups is 1. The molecule has 3 aromatic rings. The van der Waals surface area contributed by atoms with E-state index in [1.165, 1.54) is 17.0 Å². The zero-order chi connectivity index (χ0) is 23.3. The number of pyridine rings is 2. The quantitative estimate of drug-likeness (QED) is 0.586. The van der Waals surface area contributed by atoms with Crippen molar-refractivity contribution in [2.75, 3.05) is 25.5 Å². The lowest BCUT2D eigenvalue weighted by Crippen LogP contribution is -2.44. The second kappa shape index (κ2) is 7.92. The standard InChI is InChI=1S/C22H18F4N4O3/c23-16-6-18-12(14-8-33-9-15(14)20(27)29-18)5-13(16)21(31)30-3-4-32-10-19(30)17-2-1-11(7-28-17)22(24,25)26/h1-2,5-7,19H,3-4,8-10H2,(H2,27,29)/t19-/m1/s1. The number of halogens is 4. The first kappa shape index (κ1) is 21.5. The maximum absolute atomic E-state index is 15.0. The average molecular weight is 462 g/mol. The Morgan fingerprint density at radius 3 is 2.67 bits per heavy atom. The number of alkyl halides is 3. The molecule has 0 spiro atoms. The van der Waals surface area contributed by atoms with Gasteiger partial charge in [0.1, 0.15) is 11.6 Å². The maximum Gasteiger partial charge on any atom is 0.417 e. The van der Waals surface area contributed by atoms with Crippen LogP contribution in [0.25, 0.3) is 10.9 Å². The van der Waals surface area contributed by atoms with Gasteiger partial charge in [0.05, 0.1) is 54.8 Å². The molecule has 2 aliphatic heterocycles. The molecular formula is C22H18F4N4O3. The van der Waals surface area contributed by atoms with Crippen molar-refractivity contribution in [2.24, 2.45) is 0 Å². The van der Waals surface area contributed by atoms with Crippen LogP contribution in [0.1, 0.15) is 38.8 Å². The number of nitrogen functional groups attached to an aromatic ring is 1. The smallest absolute Gasteiger partial charge is 0.383 e. The molecule has 5 rings (SSSR count). The molecule has 33 heavy (non-hydrogen) atoms. The molecule has 2 aliphatic rings. The zero-order valence-corrected chi connectivity index (χ0v) is 17.2. The van der Waals surface area contributed by atoms with Crippen molar-refractivity contribution in [1.82, 2.24) is 14.9 Å². The number of benzene rings is 1. The summed E-state index contributed by atoms with van der Waals surface area (Å²) in [6.07, 6.45) is -3.82. The van der Waals surface area contributed by atoms with E-state index in [1.807, 2.05) is 0 Å². The van der Waals surface area contributed by atoms with Crippen LogP contribution in [0.4, 0.5) is 23.4 Å². The van der Waals surface area contributed by atoms with Crippen molar-refractivity contribution < 1.29 is 31.8 Å². The number of hydrogen-bond donors (Lipinski definition) is 1. The third kappa shape index (κ3) is 3.76. The third-order valence-corrected chi connectivity index (χ3v) is 5.89. The van der Waals surface area contributed by atoms with Crippen molar-refractivity contribution >= 4 is 22.6 Å². The van der Waals surface area contributed by atoms with E-state index in [1.54, 1.807) is 0 Å². The minimum Gasteiger partial charge on any atom is -0.383 e. The number of aromatic nitrogens is 2. The van der Waals surface area contributed by atoms with Crippen molar-refractivity contribution in [3.8, 4) is 0 Å². The van der Waals surface area contributed by atoms with Gasteiger partial charge in [-0.2, -0.15) is 13.2 Å². The van der Waals surface area contributed by atoms with Gasteiger partial charge in [0.25, 0.3) is 5.91 Å². The number of morpholine rings is 1. The topological polar surface area (TPSA) is 90.6 Å². The Kier molecular flexibility index (Phi) is 5.17. The van der Waals surface area contributed by atoms with E-state index >= 15 is 0 Å². The van der Waals surface area contributed by atoms with Gasteiger partial charge in [-0.05, 0) is 23.8 Å². The highest BCUT2D eigenvalue weighted by Gasteiger charge is 2.34. The molecule has 11 heteroatoms. The molecule has 1 atom stereocenters. The SMILES string of the molecule is Nc1nc2cc(F)c(C(=O)N3CCOC[C@@H]3c3ccc(C(F)(F)F)cn3)cc2c2c1COC2. The number of fused-ring (bicyclic) bond motifs is 3. The second-order valence-electron chi connectivity index (χ2n) is 7.85. The first-order valence-electron chi connectivity index (χ1n) is 10.1. The van der Waals surface area contributed by atoms with Gasteiger partial charge in [-0.1, -0.05) is 0 Å². The molecule has 0 aliphatic carbocycles. The number of ether oxygens (including phenoxy) is 2. The number of hydrogen-bond acceptors (Lipinski definition) is 6. The van der Waals surface area contributed by atoms with Gasteiger partial charge in [0.15, 0.2) is 0 Å². The van der Waals surface area contributed by atoms with Crippen LogP contribution in [0.3, 0.4) is 0 Å². The van der Waals surface area contributed by atoms with Crippen LogP contribution in [0.15, 0.2) is 30.5 Å². The summed E-state index contributed by atoms with van der Waals surface area (Å²) >= 11 is 0. The number of rotatable bonds is 2. The van der Waals surface area contributed by atoms with Crippen LogP contribution >= 0.6 is 0 Å². The molecule has 2 N–H and O–H groups in total. The van der Waals surface area contributed by atoms with Crippen LogP contribution in [-0.2, 0) is 28.9 Å². The van der Waals surface area contributed by atoms with Gasteiger partial charge in [0.2, 0.25) is 0 Å². The third-order valence-electron chi connectivity index (χ3n) is 5.89. The molecule has 0 unspecified atom stereocenters. The van der Waals surface area contributed by atoms with Gasteiger partial charge >= 0.3 is 6.18 Å². The summed E-state index contributed by atoms with van der Waals surface area (Å²) in [4.78, 5) is 22.9. The molecular weight excluding hydrogens is 444 g/mol. The monoisotopic (exact) mass is 462 g/mol. The summed E-state index contributed by atoms with van der Waals surface area (Å²) in [6.45, 7) is 0.925. The second-order valence-corrected chi connectivity index (χ2v) is 7.85. The van der Waals surface area contributed by atoms with E-state index in [2.05, 4.69) is 9.97 Å². The van der Waals surface area contributed by atoms with E-state index < -0.39 is 29.5 Å². The lowest BCUT2D eigenvalue weighted by molar-refractivity contribution is -0.137. The van der Waals surface area contributed by atoms with E-state index in [4.69, 9.17) is 15.2 Å². The van der Waals surface area contributed by atoms with E-state index in [0.717, 1.165) is 17.7 Å². The highest BCUT2D eigenvalue weighted by Crippen LogP contribution is 2.34. The van der Waals surface area contributed by atoms with Crippen molar-refractivity contribution in [1.29, 1.82) is 0 Å². The molecule has 1 amide bonds. The molecule has 0 saturated carbocycles. The summed E-state index contributed by atoms with van der Waals surface area (Å²) < 4.78 is 64.5. The highest BCUT2D eigenvalue weighted by atomic mass is 19.4. The highest BCUT2D eigenvalue weighted by molar-refractivity contribution is 5.99. The van der Waals surface area contributed by atoms with E-state index in [-0.39, 0.29) is 50.0 Å². The lowest BCUT2D eigenvalue weighted by atomic mass is 10.0. The van der Waals surface area contributed by atoms with Crippen molar-refractivity contribution in [2.45, 2.75) is 25.4 Å². The Morgan fingerprint density at radius 1 is 1.15 bits per heavy atom. The number of amides is 1. The minimum atomic E-state index is -4.53. The number of nitrogens with two attached hydrogens (primary N) is 1. The molecule has 172 valence electrons. The summed E-state index contributed by atoms with van der Waals surface area (Å²) in [5.74, 6) is -1.13. The van der Waals surface area contributed by atoms with Crippen molar-refractivity contribution in [3.63, 3.8) is 0 Å². The van der Waals surface area contributed by atoms with Gasteiger partial charge in [-0.3, -0.25) is 9.78 Å². The van der Waals surface area contributed by atoms with Crippen molar-refractivity contribution in [3.05, 3.63) is 64.2 Å². The van der Waals surface area contributed by atoms with E-state index in [0.29, 0.717) is 22.7 Å². The first-order valence-corrected chi connectivity index (χ1v) is 10.1. The number of nitrogens with zero attached hydrogens (tertiary/aromatic N) is 3. The normalized spacial score (nSPS) is 18.5. The predicted molar refractivity (Wildman–Crippen MR) is 108 cm³/mol. The van der Waals surface area contributed by atoms with Crippen LogP contribution < -0.4 is 5.73 Å². The summed E-state index contributed by atoms with van der Waals surface area (Å²) in [7, 11) is 0. The van der Waals surface area contributed by atoms with Crippen LogP contribution in [-0.4, -0.2) is 40.5 Å². The minimum absolute atomic E-state index is 0.0284. The fourth-order valence-corrected chi connectivity index (χ4v) is 4.17. The molecule has 2 aromatic heterocycles. The Morgan fingerprint density at radius 2 is 1.94 bits per heavy atom. The fourth-order valence-electron chi connectivity index (χ4n) is 4.17. The summed E-state index contributed by atoms with van der Waals surface area (Å²) in [5.41, 5.74) is 6.87. The first-order chi connectivity index (χ1) is 15.7. The largest absolute Gasteiger partial charge is 0.417 e. The maximum atomic E-state index is 15.0. The van der Waals surface area contributed by atoms with Crippen LogP contribution in [0.5, 0.6) is 0 Å². The van der Waals surface area contributed by atoms with Gasteiger partial charge in [-0.15, -0.1) is 0 Å². The number of carbonyl (C=O) groups excluding carboxylic acids is 1. The predicted octanol–water partition coefficient (Wildman–Crippen LogP) is 3.61.